The first kappa shape index (κ1) is 13.8. The van der Waals surface area contributed by atoms with Crippen molar-refractivity contribution in [1.29, 1.82) is 0 Å². The largest absolute Gasteiger partial charge is 0.321 e. The van der Waals surface area contributed by atoms with E-state index in [4.69, 9.17) is 5.73 Å². The monoisotopic (exact) mass is 323 g/mol. The van der Waals surface area contributed by atoms with Gasteiger partial charge in [0, 0.05) is 26.7 Å². The first-order valence-electron chi connectivity index (χ1n) is 5.98. The number of thiophene rings is 1. The molecule has 0 fully saturated rings. The van der Waals surface area contributed by atoms with Crippen LogP contribution in [0.3, 0.4) is 0 Å². The molecule has 1 unspecified atom stereocenters. The minimum atomic E-state index is -0.319. The SMILES string of the molecule is Cc1ccc(C)c(C(C)(N)Cc2cc(Br)cs2)c1. The summed E-state index contributed by atoms with van der Waals surface area (Å²) in [5.41, 5.74) is 9.99. The van der Waals surface area contributed by atoms with Gasteiger partial charge in [0.05, 0.1) is 0 Å². The van der Waals surface area contributed by atoms with E-state index in [0.29, 0.717) is 0 Å². The number of halogens is 1. The van der Waals surface area contributed by atoms with Gasteiger partial charge in [0.2, 0.25) is 0 Å². The molecule has 1 atom stereocenters. The molecule has 0 saturated carbocycles. The van der Waals surface area contributed by atoms with Crippen LogP contribution in [0.5, 0.6) is 0 Å². The van der Waals surface area contributed by atoms with Crippen LogP contribution in [0, 0.1) is 13.8 Å². The van der Waals surface area contributed by atoms with Gasteiger partial charge in [-0.2, -0.15) is 0 Å². The minimum Gasteiger partial charge on any atom is -0.321 e. The standard InChI is InChI=1S/C15H18BrNS/c1-10-4-5-11(2)14(6-10)15(3,17)8-13-7-12(16)9-18-13/h4-7,9H,8,17H2,1-3H3. The summed E-state index contributed by atoms with van der Waals surface area (Å²) in [6, 6.07) is 8.65. The second-order valence-corrected chi connectivity index (χ2v) is 7.06. The van der Waals surface area contributed by atoms with Gasteiger partial charge in [-0.25, -0.2) is 0 Å². The summed E-state index contributed by atoms with van der Waals surface area (Å²) >= 11 is 5.25. The van der Waals surface area contributed by atoms with Crippen LogP contribution in [-0.4, -0.2) is 0 Å². The van der Waals surface area contributed by atoms with Crippen LogP contribution in [-0.2, 0) is 12.0 Å². The van der Waals surface area contributed by atoms with Crippen molar-refractivity contribution >= 4 is 27.3 Å². The highest BCUT2D eigenvalue weighted by Gasteiger charge is 2.24. The van der Waals surface area contributed by atoms with E-state index in [-0.39, 0.29) is 5.54 Å². The molecule has 3 heteroatoms. The highest BCUT2D eigenvalue weighted by molar-refractivity contribution is 9.10. The fraction of sp³-hybridized carbons (Fsp3) is 0.333. The molecule has 18 heavy (non-hydrogen) atoms. The first-order chi connectivity index (χ1) is 8.38. The van der Waals surface area contributed by atoms with E-state index in [0.717, 1.165) is 10.9 Å². The number of aryl methyl sites for hydroxylation is 2. The van der Waals surface area contributed by atoms with E-state index in [1.165, 1.54) is 21.6 Å². The third-order valence-electron chi connectivity index (χ3n) is 3.17. The zero-order valence-corrected chi connectivity index (χ0v) is 13.4. The molecule has 0 aliphatic carbocycles. The highest BCUT2D eigenvalue weighted by atomic mass is 79.9. The zero-order valence-electron chi connectivity index (χ0n) is 11.0. The van der Waals surface area contributed by atoms with E-state index in [1.807, 2.05) is 0 Å². The maximum atomic E-state index is 6.54. The average Bonchev–Trinajstić information content (AvgIpc) is 2.66. The lowest BCUT2D eigenvalue weighted by Crippen LogP contribution is -2.36. The lowest BCUT2D eigenvalue weighted by molar-refractivity contribution is 0.492. The Morgan fingerprint density at radius 3 is 2.61 bits per heavy atom. The number of rotatable bonds is 3. The molecule has 2 aromatic rings. The molecule has 1 heterocycles. The molecule has 1 nitrogen and oxygen atoms in total. The van der Waals surface area contributed by atoms with Gasteiger partial charge in [-0.1, -0.05) is 23.8 Å². The lowest BCUT2D eigenvalue weighted by Gasteiger charge is -2.27. The Morgan fingerprint density at radius 1 is 1.28 bits per heavy atom. The average molecular weight is 324 g/mol. The Labute approximate surface area is 121 Å². The predicted octanol–water partition coefficient (Wildman–Crippen LogP) is 4.54. The van der Waals surface area contributed by atoms with Crippen molar-refractivity contribution in [2.75, 3.05) is 0 Å². The summed E-state index contributed by atoms with van der Waals surface area (Å²) in [7, 11) is 0. The van der Waals surface area contributed by atoms with Gasteiger partial charge in [-0.3, -0.25) is 0 Å². The fourth-order valence-electron chi connectivity index (χ4n) is 2.25. The number of hydrogen-bond donors (Lipinski definition) is 1. The molecule has 0 amide bonds. The van der Waals surface area contributed by atoms with E-state index < -0.39 is 0 Å². The van der Waals surface area contributed by atoms with Crippen molar-refractivity contribution in [2.45, 2.75) is 32.7 Å². The van der Waals surface area contributed by atoms with Crippen molar-refractivity contribution in [3.05, 3.63) is 55.7 Å². The molecule has 0 aliphatic rings. The molecule has 1 aromatic carbocycles. The fourth-order valence-corrected chi connectivity index (χ4v) is 3.87. The summed E-state index contributed by atoms with van der Waals surface area (Å²) in [5, 5.41) is 2.11. The van der Waals surface area contributed by atoms with Gasteiger partial charge in [0.25, 0.3) is 0 Å². The smallest absolute Gasteiger partial charge is 0.0432 e. The van der Waals surface area contributed by atoms with Crippen molar-refractivity contribution in [3.63, 3.8) is 0 Å². The van der Waals surface area contributed by atoms with Gasteiger partial charge >= 0.3 is 0 Å². The van der Waals surface area contributed by atoms with Gasteiger partial charge in [0.1, 0.15) is 0 Å². The van der Waals surface area contributed by atoms with Crippen LogP contribution in [0.2, 0.25) is 0 Å². The van der Waals surface area contributed by atoms with Crippen molar-refractivity contribution in [3.8, 4) is 0 Å². The number of nitrogens with two attached hydrogens (primary N) is 1. The summed E-state index contributed by atoms with van der Waals surface area (Å²) in [5.74, 6) is 0. The van der Waals surface area contributed by atoms with Crippen molar-refractivity contribution < 1.29 is 0 Å². The molecule has 2 rings (SSSR count). The van der Waals surface area contributed by atoms with E-state index in [2.05, 4.69) is 66.3 Å². The molecule has 0 bridgehead atoms. The molecule has 0 aliphatic heterocycles. The Balaban J connectivity index is 2.32. The Hall–Kier alpha value is -0.640. The van der Waals surface area contributed by atoms with Crippen LogP contribution >= 0.6 is 27.3 Å². The molecule has 2 N–H and O–H groups in total. The summed E-state index contributed by atoms with van der Waals surface area (Å²) in [6.07, 6.45) is 0.869. The quantitative estimate of drug-likeness (QED) is 0.881. The molecular weight excluding hydrogens is 306 g/mol. The third-order valence-corrected chi connectivity index (χ3v) is 4.87. The molecule has 0 spiro atoms. The van der Waals surface area contributed by atoms with E-state index >= 15 is 0 Å². The van der Waals surface area contributed by atoms with E-state index in [9.17, 15) is 0 Å². The Bertz CT molecular complexity index is 557. The maximum Gasteiger partial charge on any atom is 0.0432 e. The number of hydrogen-bond acceptors (Lipinski definition) is 2. The van der Waals surface area contributed by atoms with Gasteiger partial charge in [-0.05, 0) is 53.9 Å². The first-order valence-corrected chi connectivity index (χ1v) is 7.65. The van der Waals surface area contributed by atoms with E-state index in [1.54, 1.807) is 11.3 Å². The van der Waals surface area contributed by atoms with Crippen LogP contribution < -0.4 is 5.73 Å². The summed E-state index contributed by atoms with van der Waals surface area (Å²) < 4.78 is 1.14. The molecule has 96 valence electrons. The summed E-state index contributed by atoms with van der Waals surface area (Å²) in [4.78, 5) is 1.31. The van der Waals surface area contributed by atoms with Gasteiger partial charge in [0.15, 0.2) is 0 Å². The third kappa shape index (κ3) is 3.02. The predicted molar refractivity (Wildman–Crippen MR) is 83.2 cm³/mol. The van der Waals surface area contributed by atoms with Crippen LogP contribution in [0.1, 0.15) is 28.5 Å². The van der Waals surface area contributed by atoms with Gasteiger partial charge < -0.3 is 5.73 Å². The molecule has 0 saturated heterocycles. The van der Waals surface area contributed by atoms with Crippen molar-refractivity contribution in [2.24, 2.45) is 5.73 Å². The topological polar surface area (TPSA) is 26.0 Å². The molecular formula is C15H18BrNS. The zero-order chi connectivity index (χ0) is 13.3. The molecule has 0 radical (unpaired) electrons. The minimum absolute atomic E-state index is 0.319. The summed E-state index contributed by atoms with van der Waals surface area (Å²) in [6.45, 7) is 6.35. The number of benzene rings is 1. The second kappa shape index (κ2) is 5.16. The second-order valence-electron chi connectivity index (χ2n) is 5.14. The lowest BCUT2D eigenvalue weighted by atomic mass is 9.85. The van der Waals surface area contributed by atoms with Gasteiger partial charge in [-0.15, -0.1) is 11.3 Å². The van der Waals surface area contributed by atoms with Crippen LogP contribution in [0.25, 0.3) is 0 Å². The highest BCUT2D eigenvalue weighted by Crippen LogP contribution is 2.30. The molecule has 1 aromatic heterocycles. The normalized spacial score (nSPS) is 14.5. The maximum absolute atomic E-state index is 6.54. The Morgan fingerprint density at radius 2 is 2.00 bits per heavy atom. The van der Waals surface area contributed by atoms with Crippen LogP contribution in [0.4, 0.5) is 0 Å². The Kier molecular flexibility index (Phi) is 3.95. The van der Waals surface area contributed by atoms with Crippen LogP contribution in [0.15, 0.2) is 34.1 Å². The van der Waals surface area contributed by atoms with Crippen molar-refractivity contribution in [1.82, 2.24) is 0 Å².